The number of hydrogen-bond acceptors (Lipinski definition) is 4. The van der Waals surface area contributed by atoms with Gasteiger partial charge in [0.05, 0.1) is 5.75 Å². The third kappa shape index (κ3) is 3.58. The van der Waals surface area contributed by atoms with Crippen molar-refractivity contribution in [1.29, 1.82) is 0 Å². The first-order valence-electron chi connectivity index (χ1n) is 9.81. The van der Waals surface area contributed by atoms with Crippen LogP contribution in [-0.4, -0.2) is 23.8 Å². The van der Waals surface area contributed by atoms with Crippen molar-refractivity contribution in [2.45, 2.75) is 69.9 Å². The van der Waals surface area contributed by atoms with Crippen LogP contribution in [0.15, 0.2) is 35.2 Å². The summed E-state index contributed by atoms with van der Waals surface area (Å²) in [5.74, 6) is 0.403. The maximum absolute atomic E-state index is 13.6. The second kappa shape index (κ2) is 7.66. The molecule has 1 N–H and O–H groups in total. The summed E-state index contributed by atoms with van der Waals surface area (Å²) in [7, 11) is -3.61. The monoisotopic (exact) mass is 399 g/mol. The Bertz CT molecular complexity index is 1080. The van der Waals surface area contributed by atoms with Gasteiger partial charge in [0.2, 0.25) is 0 Å². The number of aromatic nitrogens is 3. The third-order valence-corrected chi connectivity index (χ3v) is 6.83. The lowest BCUT2D eigenvalue weighted by Crippen LogP contribution is -2.15. The van der Waals surface area contributed by atoms with Gasteiger partial charge in [0, 0.05) is 0 Å². The maximum atomic E-state index is 13.6. The molecule has 28 heavy (non-hydrogen) atoms. The van der Waals surface area contributed by atoms with E-state index in [9.17, 15) is 8.42 Å². The lowest BCUT2D eigenvalue weighted by Gasteiger charge is -2.25. The normalized spacial score (nSPS) is 12.6. The molecule has 0 fully saturated rings. The van der Waals surface area contributed by atoms with Crippen LogP contribution in [0.25, 0.3) is 11.0 Å². The zero-order valence-electron chi connectivity index (χ0n) is 17.4. The van der Waals surface area contributed by atoms with Crippen LogP contribution in [0.4, 0.5) is 0 Å². The van der Waals surface area contributed by atoms with Gasteiger partial charge in [-0.25, -0.2) is 8.42 Å². The fraction of sp³-hybridized carbons (Fsp3) is 0.455. The highest BCUT2D eigenvalue weighted by Gasteiger charge is 2.32. The number of hydrogen-bond donors (Lipinski definition) is 1. The summed E-state index contributed by atoms with van der Waals surface area (Å²) in [6.07, 6.45) is 0. The molecule has 6 heteroatoms. The molecule has 1 aromatic heterocycles. The van der Waals surface area contributed by atoms with E-state index < -0.39 is 9.84 Å². The molecule has 3 aromatic rings. The van der Waals surface area contributed by atoms with Gasteiger partial charge in [0.1, 0.15) is 15.9 Å². The Morgan fingerprint density at radius 1 is 0.786 bits per heavy atom. The van der Waals surface area contributed by atoms with E-state index in [4.69, 9.17) is 0 Å². The second-order valence-corrected chi connectivity index (χ2v) is 10.2. The van der Waals surface area contributed by atoms with Crippen LogP contribution in [0.5, 0.6) is 0 Å². The smallest absolute Gasteiger partial charge is 0.185 e. The number of fused-ring (bicyclic) bond motifs is 1. The summed E-state index contributed by atoms with van der Waals surface area (Å²) in [5, 5.41) is 11.3. The van der Waals surface area contributed by atoms with Crippen LogP contribution in [0.3, 0.4) is 0 Å². The zero-order valence-corrected chi connectivity index (χ0v) is 18.3. The minimum atomic E-state index is -3.61. The molecular formula is C22H29N3O2S. The van der Waals surface area contributed by atoms with Crippen molar-refractivity contribution in [3.8, 4) is 0 Å². The molecule has 2 aromatic carbocycles. The Kier molecular flexibility index (Phi) is 5.62. The number of sulfone groups is 1. The van der Waals surface area contributed by atoms with Crippen LogP contribution in [0, 0.1) is 0 Å². The predicted octanol–water partition coefficient (Wildman–Crippen LogP) is 5.30. The fourth-order valence-electron chi connectivity index (χ4n) is 4.06. The van der Waals surface area contributed by atoms with Crippen molar-refractivity contribution >= 4 is 20.9 Å². The van der Waals surface area contributed by atoms with Gasteiger partial charge >= 0.3 is 0 Å². The van der Waals surface area contributed by atoms with Gasteiger partial charge in [-0.1, -0.05) is 71.9 Å². The van der Waals surface area contributed by atoms with E-state index >= 15 is 0 Å². The number of nitrogens with zero attached hydrogens (tertiary/aromatic N) is 2. The van der Waals surface area contributed by atoms with Crippen LogP contribution in [0.1, 0.15) is 81.5 Å². The summed E-state index contributed by atoms with van der Waals surface area (Å²) >= 11 is 0. The molecule has 1 heterocycles. The molecule has 3 rings (SSSR count). The Morgan fingerprint density at radius 3 is 1.86 bits per heavy atom. The van der Waals surface area contributed by atoms with E-state index in [0.29, 0.717) is 15.9 Å². The summed E-state index contributed by atoms with van der Waals surface area (Å²) in [6.45, 7) is 12.6. The van der Waals surface area contributed by atoms with Crippen molar-refractivity contribution in [2.24, 2.45) is 0 Å². The molecule has 0 bridgehead atoms. The Balaban J connectivity index is 2.41. The molecule has 0 saturated heterocycles. The first-order valence-corrected chi connectivity index (χ1v) is 11.5. The van der Waals surface area contributed by atoms with E-state index in [0.717, 1.165) is 22.3 Å². The molecule has 5 nitrogen and oxygen atoms in total. The van der Waals surface area contributed by atoms with E-state index in [-0.39, 0.29) is 23.5 Å². The highest BCUT2D eigenvalue weighted by atomic mass is 32.2. The van der Waals surface area contributed by atoms with Gasteiger partial charge in [-0.3, -0.25) is 0 Å². The van der Waals surface area contributed by atoms with Crippen molar-refractivity contribution in [2.75, 3.05) is 0 Å². The lowest BCUT2D eigenvalue weighted by atomic mass is 9.82. The van der Waals surface area contributed by atoms with Crippen LogP contribution >= 0.6 is 0 Å². The number of rotatable bonds is 6. The van der Waals surface area contributed by atoms with Gasteiger partial charge in [0.25, 0.3) is 0 Å². The van der Waals surface area contributed by atoms with Crippen molar-refractivity contribution in [3.05, 3.63) is 52.6 Å². The SMILES string of the molecule is CC(C)c1c(C(C)C)c(S(=O)(=O)Cc2ccccc2)c2n[nH]nc2c1C(C)C. The van der Waals surface area contributed by atoms with Gasteiger partial charge < -0.3 is 0 Å². The standard InChI is InChI=1S/C22H29N3O2S/c1-13(2)17-18(14(3)4)20-21(24-25-23-20)22(19(17)15(5)6)28(26,27)12-16-10-8-7-9-11-16/h7-11,13-15H,12H2,1-6H3,(H,23,24,25). The minimum Gasteiger partial charge on any atom is -0.223 e. The number of H-pyrrole nitrogens is 1. The molecule has 150 valence electrons. The largest absolute Gasteiger partial charge is 0.223 e. The quantitative estimate of drug-likeness (QED) is 0.610. The molecule has 0 amide bonds. The molecule has 0 aliphatic carbocycles. The van der Waals surface area contributed by atoms with E-state index in [1.54, 1.807) is 0 Å². The number of nitrogens with one attached hydrogen (secondary N) is 1. The Morgan fingerprint density at radius 2 is 1.32 bits per heavy atom. The topological polar surface area (TPSA) is 75.7 Å². The molecule has 0 aliphatic rings. The van der Waals surface area contributed by atoms with E-state index in [2.05, 4.69) is 57.0 Å². The molecule has 0 unspecified atom stereocenters. The molecular weight excluding hydrogens is 370 g/mol. The summed E-state index contributed by atoms with van der Waals surface area (Å²) in [5.41, 5.74) is 4.99. The Labute approximate surface area is 167 Å². The van der Waals surface area contributed by atoms with Crippen molar-refractivity contribution < 1.29 is 8.42 Å². The van der Waals surface area contributed by atoms with Gasteiger partial charge in [-0.2, -0.15) is 15.4 Å². The lowest BCUT2D eigenvalue weighted by molar-refractivity contribution is 0.592. The third-order valence-electron chi connectivity index (χ3n) is 5.09. The average molecular weight is 400 g/mol. The first-order chi connectivity index (χ1) is 13.1. The average Bonchev–Trinajstić information content (AvgIpc) is 3.08. The summed E-state index contributed by atoms with van der Waals surface area (Å²) in [4.78, 5) is 0.336. The van der Waals surface area contributed by atoms with Crippen molar-refractivity contribution in [1.82, 2.24) is 15.4 Å². The summed E-state index contributed by atoms with van der Waals surface area (Å²) in [6, 6.07) is 9.30. The minimum absolute atomic E-state index is 0.0475. The molecule has 0 aliphatic heterocycles. The molecule has 0 radical (unpaired) electrons. The predicted molar refractivity (Wildman–Crippen MR) is 113 cm³/mol. The highest BCUT2D eigenvalue weighted by Crippen LogP contribution is 2.42. The van der Waals surface area contributed by atoms with Gasteiger partial charge in [-0.15, -0.1) is 0 Å². The van der Waals surface area contributed by atoms with Crippen LogP contribution in [0.2, 0.25) is 0 Å². The van der Waals surface area contributed by atoms with Crippen LogP contribution < -0.4 is 0 Å². The fourth-order valence-corrected chi connectivity index (χ4v) is 5.95. The Hall–Kier alpha value is -2.21. The maximum Gasteiger partial charge on any atom is 0.185 e. The van der Waals surface area contributed by atoms with Gasteiger partial charge in [-0.05, 0) is 40.0 Å². The molecule has 0 saturated carbocycles. The first kappa shape index (κ1) is 20.5. The zero-order chi connectivity index (χ0) is 20.6. The van der Waals surface area contributed by atoms with E-state index in [1.807, 2.05) is 30.3 Å². The van der Waals surface area contributed by atoms with Gasteiger partial charge in [0.15, 0.2) is 9.84 Å². The number of benzene rings is 2. The van der Waals surface area contributed by atoms with Crippen LogP contribution in [-0.2, 0) is 15.6 Å². The molecule has 0 atom stereocenters. The highest BCUT2D eigenvalue weighted by molar-refractivity contribution is 7.91. The summed E-state index contributed by atoms with van der Waals surface area (Å²) < 4.78 is 27.2. The second-order valence-electron chi connectivity index (χ2n) is 8.30. The van der Waals surface area contributed by atoms with E-state index in [1.165, 1.54) is 0 Å². The van der Waals surface area contributed by atoms with Crippen molar-refractivity contribution in [3.63, 3.8) is 0 Å². The number of aromatic amines is 1. The molecule has 0 spiro atoms.